The molecule has 2 heterocycles. The fraction of sp³-hybridized carbons (Fsp3) is 0.235. The predicted molar refractivity (Wildman–Crippen MR) is 93.6 cm³/mol. The van der Waals surface area contributed by atoms with Crippen LogP contribution in [0.15, 0.2) is 39.9 Å². The maximum atomic E-state index is 11.4. The van der Waals surface area contributed by atoms with E-state index >= 15 is 0 Å². The predicted octanol–water partition coefficient (Wildman–Crippen LogP) is 2.58. The van der Waals surface area contributed by atoms with E-state index in [-0.39, 0.29) is 10.6 Å². The minimum atomic E-state index is -1.10. The quantitative estimate of drug-likeness (QED) is 0.671. The van der Waals surface area contributed by atoms with Crippen LogP contribution in [0.4, 0.5) is 5.69 Å². The lowest BCUT2D eigenvalue weighted by Gasteiger charge is -2.05. The highest BCUT2D eigenvalue weighted by molar-refractivity contribution is 7.18. The lowest BCUT2D eigenvalue weighted by Crippen LogP contribution is -2.09. The molecule has 0 atom stereocenters. The number of hydrogen-bond donors (Lipinski definition) is 2. The molecule has 2 N–H and O–H groups in total. The van der Waals surface area contributed by atoms with Crippen LogP contribution in [-0.4, -0.2) is 15.8 Å². The number of carbonyl (C=O) groups is 1. The second-order valence-electron chi connectivity index (χ2n) is 6.01. The zero-order valence-electron chi connectivity index (χ0n) is 13.2. The summed E-state index contributed by atoms with van der Waals surface area (Å²) in [5.74, 6) is -0.540. The molecule has 3 rings (SSSR count). The summed E-state index contributed by atoms with van der Waals surface area (Å²) in [6.07, 6.45) is 0.983. The summed E-state index contributed by atoms with van der Waals surface area (Å²) in [4.78, 5) is 34.4. The second-order valence-corrected chi connectivity index (χ2v) is 7.06. The number of nitrogens with one attached hydrogen (secondary N) is 1. The van der Waals surface area contributed by atoms with Crippen LogP contribution in [0.1, 0.15) is 29.1 Å². The normalized spacial score (nSPS) is 11.3. The highest BCUT2D eigenvalue weighted by Gasteiger charge is 2.22. The molecular weight excluding hydrogens is 328 g/mol. The van der Waals surface area contributed by atoms with Crippen molar-refractivity contribution in [2.24, 2.45) is 5.92 Å². The first-order valence-corrected chi connectivity index (χ1v) is 8.30. The number of rotatable bonds is 6. The summed E-state index contributed by atoms with van der Waals surface area (Å²) in [7, 11) is 0. The van der Waals surface area contributed by atoms with Crippen molar-refractivity contribution in [2.45, 2.75) is 20.3 Å². The Morgan fingerprint density at radius 3 is 2.33 bits per heavy atom. The number of aromatic nitrogens is 1. The molecule has 0 aliphatic rings. The van der Waals surface area contributed by atoms with Crippen molar-refractivity contribution in [2.75, 3.05) is 5.43 Å². The molecule has 0 aliphatic carbocycles. The van der Waals surface area contributed by atoms with Crippen molar-refractivity contribution in [1.29, 1.82) is 0 Å². The average molecular weight is 344 g/mol. The first-order valence-electron chi connectivity index (χ1n) is 7.48. The number of hydrogen-bond acceptors (Lipinski definition) is 5. The van der Waals surface area contributed by atoms with Crippen LogP contribution in [-0.2, 0) is 6.42 Å². The minimum absolute atomic E-state index is 0.0590. The Hall–Kier alpha value is -2.67. The summed E-state index contributed by atoms with van der Waals surface area (Å²) >= 11 is 1.10. The molecule has 2 aromatic heterocycles. The number of carboxylic acids is 1. The first-order chi connectivity index (χ1) is 11.4. The van der Waals surface area contributed by atoms with E-state index in [1.165, 1.54) is 5.56 Å². The van der Waals surface area contributed by atoms with Gasteiger partial charge in [-0.15, -0.1) is 11.3 Å². The second kappa shape index (κ2) is 6.09. The zero-order valence-corrected chi connectivity index (χ0v) is 14.0. The maximum absolute atomic E-state index is 11.4. The van der Waals surface area contributed by atoms with E-state index < -0.39 is 17.1 Å². The highest BCUT2D eigenvalue weighted by Crippen LogP contribution is 2.35. The van der Waals surface area contributed by atoms with Crippen LogP contribution < -0.4 is 16.5 Å². The topological polar surface area (TPSA) is 88.4 Å². The van der Waals surface area contributed by atoms with Gasteiger partial charge in [0.1, 0.15) is 4.88 Å². The third-order valence-corrected chi connectivity index (χ3v) is 4.75. The molecule has 1 aromatic carbocycles. The van der Waals surface area contributed by atoms with Crippen molar-refractivity contribution in [3.63, 3.8) is 0 Å². The van der Waals surface area contributed by atoms with Crippen molar-refractivity contribution < 1.29 is 9.90 Å². The molecule has 0 saturated heterocycles. The van der Waals surface area contributed by atoms with Gasteiger partial charge in [0.25, 0.3) is 0 Å². The van der Waals surface area contributed by atoms with Crippen LogP contribution in [0.3, 0.4) is 0 Å². The van der Waals surface area contributed by atoms with Gasteiger partial charge in [-0.05, 0) is 29.5 Å². The number of anilines is 1. The lowest BCUT2D eigenvalue weighted by atomic mass is 10.0. The standard InChI is InChI=1S/C17H16N2O4S/c1-9(2)7-10-3-5-11(6-4-10)13-8-12(14(24-13)17(22)23)18-19-15(20)16(19)21/h3-6,8-9,18H,7H2,1-2H3,(H,22,23). The number of carboxylic acid groups (broad SMARTS) is 1. The van der Waals surface area contributed by atoms with Crippen LogP contribution in [0.5, 0.6) is 0 Å². The van der Waals surface area contributed by atoms with Crippen LogP contribution in [0.25, 0.3) is 10.4 Å². The Bertz CT molecular complexity index is 934. The van der Waals surface area contributed by atoms with Gasteiger partial charge >= 0.3 is 17.1 Å². The van der Waals surface area contributed by atoms with E-state index in [9.17, 15) is 19.5 Å². The van der Waals surface area contributed by atoms with Gasteiger partial charge in [0.15, 0.2) is 0 Å². The summed E-state index contributed by atoms with van der Waals surface area (Å²) in [6.45, 7) is 4.31. The Kier molecular flexibility index (Phi) is 4.11. The van der Waals surface area contributed by atoms with E-state index in [0.717, 1.165) is 32.9 Å². The van der Waals surface area contributed by atoms with Crippen LogP contribution in [0, 0.1) is 5.92 Å². The molecule has 0 saturated carbocycles. The summed E-state index contributed by atoms with van der Waals surface area (Å²) in [6, 6.07) is 9.60. The van der Waals surface area contributed by atoms with E-state index in [4.69, 9.17) is 0 Å². The molecule has 24 heavy (non-hydrogen) atoms. The zero-order chi connectivity index (χ0) is 17.4. The molecule has 0 amide bonds. The molecule has 124 valence electrons. The molecule has 6 nitrogen and oxygen atoms in total. The Balaban J connectivity index is 1.91. The monoisotopic (exact) mass is 344 g/mol. The molecule has 0 aliphatic heterocycles. The SMILES string of the molecule is CC(C)Cc1ccc(-c2cc(Nn3c(=O)c3=O)c(C(=O)O)s2)cc1. The summed E-state index contributed by atoms with van der Waals surface area (Å²) in [5, 5.41) is 9.32. The number of aromatic carboxylic acids is 1. The van der Waals surface area contributed by atoms with E-state index in [1.54, 1.807) is 6.07 Å². The van der Waals surface area contributed by atoms with E-state index in [0.29, 0.717) is 5.92 Å². The van der Waals surface area contributed by atoms with Gasteiger partial charge in [0.05, 0.1) is 5.69 Å². The van der Waals surface area contributed by atoms with Gasteiger partial charge in [-0.25, -0.2) is 4.79 Å². The molecule has 0 radical (unpaired) electrons. The Morgan fingerprint density at radius 2 is 1.83 bits per heavy atom. The summed E-state index contributed by atoms with van der Waals surface area (Å²) < 4.78 is 0.796. The average Bonchev–Trinajstić information content (AvgIpc) is 2.94. The van der Waals surface area contributed by atoms with Gasteiger partial charge in [-0.1, -0.05) is 38.1 Å². The van der Waals surface area contributed by atoms with Crippen LogP contribution >= 0.6 is 11.3 Å². The van der Waals surface area contributed by atoms with Gasteiger partial charge in [0.2, 0.25) is 0 Å². The fourth-order valence-corrected chi connectivity index (χ4v) is 3.36. The third kappa shape index (κ3) is 3.16. The smallest absolute Gasteiger partial charge is 0.348 e. The Morgan fingerprint density at radius 1 is 1.21 bits per heavy atom. The molecule has 0 bridgehead atoms. The van der Waals surface area contributed by atoms with Gasteiger partial charge in [-0.3, -0.25) is 15.0 Å². The molecule has 7 heteroatoms. The molecule has 0 spiro atoms. The van der Waals surface area contributed by atoms with Crippen molar-refractivity contribution in [3.8, 4) is 10.4 Å². The van der Waals surface area contributed by atoms with Crippen molar-refractivity contribution in [1.82, 2.24) is 4.68 Å². The maximum Gasteiger partial charge on any atom is 0.348 e. The minimum Gasteiger partial charge on any atom is -0.477 e. The molecule has 0 unspecified atom stereocenters. The van der Waals surface area contributed by atoms with E-state index in [2.05, 4.69) is 19.3 Å². The van der Waals surface area contributed by atoms with Gasteiger partial charge < -0.3 is 5.11 Å². The fourth-order valence-electron chi connectivity index (χ4n) is 2.41. The number of thiophene rings is 1. The Labute approximate surface area is 141 Å². The van der Waals surface area contributed by atoms with Crippen molar-refractivity contribution in [3.05, 3.63) is 61.5 Å². The van der Waals surface area contributed by atoms with Gasteiger partial charge in [0, 0.05) is 4.88 Å². The summed E-state index contributed by atoms with van der Waals surface area (Å²) in [5.41, 5.74) is 3.58. The van der Waals surface area contributed by atoms with Crippen molar-refractivity contribution >= 4 is 23.0 Å². The van der Waals surface area contributed by atoms with Crippen LogP contribution in [0.2, 0.25) is 0 Å². The number of nitrogens with zero attached hydrogens (tertiary/aromatic N) is 1. The largest absolute Gasteiger partial charge is 0.477 e. The molecule has 0 fully saturated rings. The van der Waals surface area contributed by atoms with E-state index in [1.807, 2.05) is 24.3 Å². The first kappa shape index (κ1) is 16.2. The highest BCUT2D eigenvalue weighted by atomic mass is 32.1. The number of benzene rings is 1. The van der Waals surface area contributed by atoms with Gasteiger partial charge in [-0.2, -0.15) is 4.68 Å². The molecule has 3 aromatic rings. The molecular formula is C17H16N2O4S. The lowest BCUT2D eigenvalue weighted by molar-refractivity contribution is 0.0703. The third-order valence-electron chi connectivity index (χ3n) is 3.58.